The fourth-order valence-electron chi connectivity index (χ4n) is 5.21. The van der Waals surface area contributed by atoms with Crippen LogP contribution in [0.4, 0.5) is 9.59 Å². The van der Waals surface area contributed by atoms with E-state index in [2.05, 4.69) is 0 Å². The Bertz CT molecular complexity index is 1030. The van der Waals surface area contributed by atoms with Crippen molar-refractivity contribution in [3.05, 3.63) is 71.8 Å². The molecule has 1 aliphatic carbocycles. The molecule has 5 rings (SSSR count). The Morgan fingerprint density at radius 3 is 2.33 bits per heavy atom. The molecule has 0 unspecified atom stereocenters. The van der Waals surface area contributed by atoms with Crippen LogP contribution in [0.3, 0.4) is 0 Å². The molecule has 1 spiro atoms. The van der Waals surface area contributed by atoms with Crippen molar-refractivity contribution in [1.29, 1.82) is 0 Å². The summed E-state index contributed by atoms with van der Waals surface area (Å²) in [5.74, 6) is -0.337. The number of likely N-dealkylation sites (tertiary alicyclic amines) is 1. The third-order valence-corrected chi connectivity index (χ3v) is 7.35. The average molecular weight is 449 g/mol. The van der Waals surface area contributed by atoms with Gasteiger partial charge in [0.1, 0.15) is 12.7 Å². The monoisotopic (exact) mass is 448 g/mol. The SMILES string of the molecule is C[C@H]1[C@@H](c2ccccc2)OC(=O)N1C(=O)[C@@H]1CC12CCN(C(=O)OCc1ccccc1)CC2. The van der Waals surface area contributed by atoms with Crippen molar-refractivity contribution in [3.63, 3.8) is 0 Å². The molecule has 2 aromatic carbocycles. The minimum absolute atomic E-state index is 0.127. The molecule has 7 nitrogen and oxygen atoms in total. The largest absolute Gasteiger partial charge is 0.445 e. The van der Waals surface area contributed by atoms with Crippen molar-refractivity contribution in [2.24, 2.45) is 11.3 Å². The molecule has 3 fully saturated rings. The molecule has 2 aromatic rings. The van der Waals surface area contributed by atoms with E-state index in [1.165, 1.54) is 4.90 Å². The van der Waals surface area contributed by atoms with Crippen molar-refractivity contribution in [1.82, 2.24) is 9.80 Å². The van der Waals surface area contributed by atoms with Crippen LogP contribution < -0.4 is 0 Å². The zero-order chi connectivity index (χ0) is 23.0. The summed E-state index contributed by atoms with van der Waals surface area (Å²) in [5.41, 5.74) is 1.71. The Morgan fingerprint density at radius 2 is 1.67 bits per heavy atom. The average Bonchev–Trinajstić information content (AvgIpc) is 3.46. The van der Waals surface area contributed by atoms with Gasteiger partial charge in [-0.15, -0.1) is 0 Å². The van der Waals surface area contributed by atoms with Gasteiger partial charge in [0, 0.05) is 19.0 Å². The van der Waals surface area contributed by atoms with Crippen LogP contribution in [0.2, 0.25) is 0 Å². The predicted octanol–water partition coefficient (Wildman–Crippen LogP) is 4.53. The number of ether oxygens (including phenoxy) is 2. The molecular weight excluding hydrogens is 420 g/mol. The summed E-state index contributed by atoms with van der Waals surface area (Å²) >= 11 is 0. The van der Waals surface area contributed by atoms with Crippen LogP contribution in [0.1, 0.15) is 43.4 Å². The molecular formula is C26H28N2O5. The van der Waals surface area contributed by atoms with E-state index in [4.69, 9.17) is 9.47 Å². The van der Waals surface area contributed by atoms with Gasteiger partial charge < -0.3 is 14.4 Å². The normalized spacial score (nSPS) is 25.6. The first-order valence-corrected chi connectivity index (χ1v) is 11.5. The highest BCUT2D eigenvalue weighted by atomic mass is 16.6. The number of cyclic esters (lactones) is 1. The number of amides is 3. The number of imide groups is 1. The number of hydrogen-bond acceptors (Lipinski definition) is 5. The number of nitrogens with zero attached hydrogens (tertiary/aromatic N) is 2. The van der Waals surface area contributed by atoms with Crippen LogP contribution >= 0.6 is 0 Å². The van der Waals surface area contributed by atoms with Gasteiger partial charge in [-0.2, -0.15) is 0 Å². The highest BCUT2D eigenvalue weighted by Crippen LogP contribution is 2.60. The van der Waals surface area contributed by atoms with E-state index < -0.39 is 12.2 Å². The molecule has 1 saturated carbocycles. The highest BCUT2D eigenvalue weighted by molar-refractivity contribution is 5.97. The Balaban J connectivity index is 1.15. The Kier molecular flexibility index (Phi) is 5.56. The molecule has 3 atom stereocenters. The van der Waals surface area contributed by atoms with Crippen molar-refractivity contribution < 1.29 is 23.9 Å². The molecule has 2 aliphatic heterocycles. The zero-order valence-corrected chi connectivity index (χ0v) is 18.7. The summed E-state index contributed by atoms with van der Waals surface area (Å²) in [7, 11) is 0. The molecule has 2 saturated heterocycles. The fraction of sp³-hybridized carbons (Fsp3) is 0.423. The molecule has 3 aliphatic rings. The number of rotatable bonds is 4. The first-order valence-electron chi connectivity index (χ1n) is 11.5. The third kappa shape index (κ3) is 4.08. The Hall–Kier alpha value is -3.35. The molecule has 7 heteroatoms. The number of hydrogen-bond donors (Lipinski definition) is 0. The van der Waals surface area contributed by atoms with Crippen LogP contribution in [-0.2, 0) is 20.9 Å². The van der Waals surface area contributed by atoms with Crippen molar-refractivity contribution in [2.45, 2.75) is 44.9 Å². The lowest BCUT2D eigenvalue weighted by Gasteiger charge is -2.32. The number of carbonyl (C=O) groups is 3. The molecule has 0 bridgehead atoms. The van der Waals surface area contributed by atoms with Gasteiger partial charge in [-0.05, 0) is 42.7 Å². The van der Waals surface area contributed by atoms with Gasteiger partial charge in [0.05, 0.1) is 6.04 Å². The van der Waals surface area contributed by atoms with Crippen LogP contribution in [0, 0.1) is 11.3 Å². The smallest absolute Gasteiger partial charge is 0.417 e. The van der Waals surface area contributed by atoms with Gasteiger partial charge in [-0.25, -0.2) is 14.5 Å². The van der Waals surface area contributed by atoms with Crippen molar-refractivity contribution in [2.75, 3.05) is 13.1 Å². The maximum atomic E-state index is 13.3. The molecule has 0 radical (unpaired) electrons. The standard InChI is InChI=1S/C26H28N2O5/c1-18-22(20-10-6-3-7-11-20)33-25(31)28(18)23(29)21-16-26(21)12-14-27(15-13-26)24(30)32-17-19-8-4-2-5-9-19/h2-11,18,21-22H,12-17H2,1H3/t18-,21-,22-/m0/s1. The van der Waals surface area contributed by atoms with Gasteiger partial charge in [0.25, 0.3) is 0 Å². The second-order valence-corrected chi connectivity index (χ2v) is 9.31. The van der Waals surface area contributed by atoms with Gasteiger partial charge in [0.15, 0.2) is 0 Å². The van der Waals surface area contributed by atoms with Gasteiger partial charge >= 0.3 is 12.2 Å². The second-order valence-electron chi connectivity index (χ2n) is 9.31. The first kappa shape index (κ1) is 21.5. The Labute approximate surface area is 193 Å². The van der Waals surface area contributed by atoms with Gasteiger partial charge in [-0.3, -0.25) is 4.79 Å². The summed E-state index contributed by atoms with van der Waals surface area (Å²) in [6.45, 7) is 3.23. The van der Waals surface area contributed by atoms with Gasteiger partial charge in [-0.1, -0.05) is 60.7 Å². The minimum Gasteiger partial charge on any atom is -0.445 e. The topological polar surface area (TPSA) is 76.2 Å². The molecule has 172 valence electrons. The number of benzene rings is 2. The van der Waals surface area contributed by atoms with E-state index in [1.807, 2.05) is 67.6 Å². The third-order valence-electron chi connectivity index (χ3n) is 7.35. The summed E-state index contributed by atoms with van der Waals surface area (Å²) in [4.78, 5) is 41.3. The predicted molar refractivity (Wildman–Crippen MR) is 120 cm³/mol. The maximum absolute atomic E-state index is 13.3. The summed E-state index contributed by atoms with van der Waals surface area (Å²) in [6.07, 6.45) is 0.904. The molecule has 2 heterocycles. The zero-order valence-electron chi connectivity index (χ0n) is 18.7. The van der Waals surface area contributed by atoms with E-state index >= 15 is 0 Å². The van der Waals surface area contributed by atoms with Crippen molar-refractivity contribution in [3.8, 4) is 0 Å². The lowest BCUT2D eigenvalue weighted by atomic mass is 9.90. The van der Waals surface area contributed by atoms with Gasteiger partial charge in [0.2, 0.25) is 5.91 Å². The number of piperidine rings is 1. The lowest BCUT2D eigenvalue weighted by molar-refractivity contribution is -0.131. The number of carbonyl (C=O) groups excluding carboxylic acids is 3. The fourth-order valence-corrected chi connectivity index (χ4v) is 5.21. The van der Waals surface area contributed by atoms with Crippen LogP contribution in [-0.4, -0.2) is 47.0 Å². The maximum Gasteiger partial charge on any atom is 0.417 e. The molecule has 0 N–H and O–H groups in total. The summed E-state index contributed by atoms with van der Waals surface area (Å²) in [5, 5.41) is 0. The second kappa shape index (κ2) is 8.54. The minimum atomic E-state index is -0.565. The van der Waals surface area contributed by atoms with E-state index in [0.29, 0.717) is 13.1 Å². The lowest BCUT2D eigenvalue weighted by Crippen LogP contribution is -2.43. The molecule has 33 heavy (non-hydrogen) atoms. The van der Waals surface area contributed by atoms with Crippen molar-refractivity contribution >= 4 is 18.1 Å². The molecule has 0 aromatic heterocycles. The summed E-state index contributed by atoms with van der Waals surface area (Å²) in [6, 6.07) is 18.8. The van der Waals surface area contributed by atoms with Crippen LogP contribution in [0.15, 0.2) is 60.7 Å². The van der Waals surface area contributed by atoms with Crippen LogP contribution in [0.25, 0.3) is 0 Å². The van der Waals surface area contributed by atoms with Crippen LogP contribution in [0.5, 0.6) is 0 Å². The highest BCUT2D eigenvalue weighted by Gasteiger charge is 2.62. The van der Waals surface area contributed by atoms with E-state index in [9.17, 15) is 14.4 Å². The quantitative estimate of drug-likeness (QED) is 0.687. The first-order chi connectivity index (χ1) is 16.0. The van der Waals surface area contributed by atoms with E-state index in [1.54, 1.807) is 4.90 Å². The summed E-state index contributed by atoms with van der Waals surface area (Å²) < 4.78 is 11.0. The van der Waals surface area contributed by atoms with E-state index in [-0.39, 0.29) is 36.0 Å². The Morgan fingerprint density at radius 1 is 1.03 bits per heavy atom. The molecule has 3 amide bonds. The van der Waals surface area contributed by atoms with E-state index in [0.717, 1.165) is 30.4 Å².